The highest BCUT2D eigenvalue weighted by atomic mass is 32.1. The van der Waals surface area contributed by atoms with Crippen LogP contribution in [0.3, 0.4) is 0 Å². The summed E-state index contributed by atoms with van der Waals surface area (Å²) in [7, 11) is 0. The molecule has 0 aliphatic rings. The highest BCUT2D eigenvalue weighted by Crippen LogP contribution is 2.25. The molecule has 0 unspecified atom stereocenters. The average Bonchev–Trinajstić information content (AvgIpc) is 2.76. The van der Waals surface area contributed by atoms with Gasteiger partial charge in [-0.15, -0.1) is 11.3 Å². The van der Waals surface area contributed by atoms with Gasteiger partial charge in [-0.3, -0.25) is 0 Å². The molecular weight excluding hydrogens is 204 g/mol. The summed E-state index contributed by atoms with van der Waals surface area (Å²) in [6.45, 7) is 0.0958. The van der Waals surface area contributed by atoms with Crippen molar-refractivity contribution in [2.75, 3.05) is 6.61 Å². The third-order valence-corrected chi connectivity index (χ3v) is 3.01. The molecule has 1 nitrogen and oxygen atoms in total. The normalized spacial score (nSPS) is 11.0. The highest BCUT2D eigenvalue weighted by Gasteiger charge is 1.98. The van der Waals surface area contributed by atoms with E-state index in [0.717, 1.165) is 0 Å². The zero-order valence-corrected chi connectivity index (χ0v) is 9.08. The lowest BCUT2D eigenvalue weighted by atomic mass is 10.1. The number of benzene rings is 1. The topological polar surface area (TPSA) is 20.2 Å². The molecule has 0 saturated carbocycles. The van der Waals surface area contributed by atoms with Crippen LogP contribution in [-0.4, -0.2) is 11.7 Å². The van der Waals surface area contributed by atoms with Gasteiger partial charge in [-0.25, -0.2) is 0 Å². The van der Waals surface area contributed by atoms with Gasteiger partial charge >= 0.3 is 0 Å². The van der Waals surface area contributed by atoms with Crippen LogP contribution in [0.5, 0.6) is 0 Å². The van der Waals surface area contributed by atoms with E-state index in [9.17, 15) is 0 Å². The monoisotopic (exact) mass is 216 g/mol. The van der Waals surface area contributed by atoms with Crippen LogP contribution in [0, 0.1) is 0 Å². The number of rotatable bonds is 3. The molecule has 0 spiro atoms. The Morgan fingerprint density at radius 3 is 2.67 bits per heavy atom. The Kier molecular flexibility index (Phi) is 3.33. The first-order chi connectivity index (χ1) is 7.40. The first kappa shape index (κ1) is 10.1. The van der Waals surface area contributed by atoms with Crippen LogP contribution in [-0.2, 0) is 0 Å². The van der Waals surface area contributed by atoms with Crippen molar-refractivity contribution in [3.8, 4) is 11.1 Å². The van der Waals surface area contributed by atoms with Gasteiger partial charge in [0.25, 0.3) is 0 Å². The van der Waals surface area contributed by atoms with Gasteiger partial charge in [0, 0.05) is 4.88 Å². The van der Waals surface area contributed by atoms with Crippen LogP contribution in [0.1, 0.15) is 4.88 Å². The van der Waals surface area contributed by atoms with Crippen molar-refractivity contribution in [1.82, 2.24) is 0 Å². The summed E-state index contributed by atoms with van der Waals surface area (Å²) in [5, 5.41) is 10.8. The molecule has 1 aromatic heterocycles. The lowest BCUT2D eigenvalue weighted by molar-refractivity contribution is 0.343. The Balaban J connectivity index is 2.24. The molecule has 1 heterocycles. The molecule has 0 fully saturated rings. The highest BCUT2D eigenvalue weighted by molar-refractivity contribution is 7.11. The lowest BCUT2D eigenvalue weighted by Gasteiger charge is -1.94. The lowest BCUT2D eigenvalue weighted by Crippen LogP contribution is -1.71. The molecule has 0 saturated heterocycles. The summed E-state index contributed by atoms with van der Waals surface area (Å²) in [5.41, 5.74) is 2.47. The van der Waals surface area contributed by atoms with Crippen molar-refractivity contribution < 1.29 is 5.11 Å². The molecule has 0 radical (unpaired) electrons. The molecule has 1 N–H and O–H groups in total. The number of thiophene rings is 1. The van der Waals surface area contributed by atoms with Crippen LogP contribution in [0.2, 0.25) is 0 Å². The largest absolute Gasteiger partial charge is 0.392 e. The van der Waals surface area contributed by atoms with Crippen molar-refractivity contribution in [3.63, 3.8) is 0 Å². The van der Waals surface area contributed by atoms with E-state index >= 15 is 0 Å². The van der Waals surface area contributed by atoms with Gasteiger partial charge in [0.05, 0.1) is 6.61 Å². The summed E-state index contributed by atoms with van der Waals surface area (Å²) in [6, 6.07) is 12.4. The molecule has 2 heteroatoms. The minimum atomic E-state index is 0.0958. The summed E-state index contributed by atoms with van der Waals surface area (Å²) in [4.78, 5) is 1.17. The third kappa shape index (κ3) is 2.55. The Hall–Kier alpha value is -1.38. The maximum atomic E-state index is 8.67. The van der Waals surface area contributed by atoms with Crippen molar-refractivity contribution in [1.29, 1.82) is 0 Å². The van der Waals surface area contributed by atoms with Gasteiger partial charge in [-0.1, -0.05) is 36.4 Å². The van der Waals surface area contributed by atoms with E-state index in [4.69, 9.17) is 5.11 Å². The second kappa shape index (κ2) is 4.91. The molecule has 0 aliphatic carbocycles. The fourth-order valence-electron chi connectivity index (χ4n) is 1.39. The average molecular weight is 216 g/mol. The first-order valence-corrected chi connectivity index (χ1v) is 5.69. The van der Waals surface area contributed by atoms with Crippen LogP contribution in [0.25, 0.3) is 17.2 Å². The molecule has 1 aromatic carbocycles. The van der Waals surface area contributed by atoms with Crippen LogP contribution in [0.4, 0.5) is 0 Å². The van der Waals surface area contributed by atoms with Crippen LogP contribution in [0.15, 0.2) is 47.9 Å². The number of aliphatic hydroxyl groups is 1. The van der Waals surface area contributed by atoms with Crippen molar-refractivity contribution in [2.45, 2.75) is 0 Å². The quantitative estimate of drug-likeness (QED) is 0.833. The van der Waals surface area contributed by atoms with E-state index in [2.05, 4.69) is 23.6 Å². The van der Waals surface area contributed by atoms with Gasteiger partial charge in [0.1, 0.15) is 0 Å². The zero-order chi connectivity index (χ0) is 10.5. The molecule has 15 heavy (non-hydrogen) atoms. The number of hydrogen-bond donors (Lipinski definition) is 1. The fraction of sp³-hybridized carbons (Fsp3) is 0.0769. The second-order valence-electron chi connectivity index (χ2n) is 3.19. The smallest absolute Gasteiger partial charge is 0.0615 e. The predicted molar refractivity (Wildman–Crippen MR) is 65.9 cm³/mol. The molecule has 0 bridgehead atoms. The fourth-order valence-corrected chi connectivity index (χ4v) is 2.23. The molecule has 0 aliphatic heterocycles. The Morgan fingerprint density at radius 2 is 1.93 bits per heavy atom. The van der Waals surface area contributed by atoms with E-state index in [0.29, 0.717) is 0 Å². The summed E-state index contributed by atoms with van der Waals surface area (Å²) >= 11 is 1.69. The third-order valence-electron chi connectivity index (χ3n) is 2.11. The van der Waals surface area contributed by atoms with Gasteiger partial charge < -0.3 is 5.11 Å². The van der Waals surface area contributed by atoms with Crippen LogP contribution >= 0.6 is 11.3 Å². The summed E-state index contributed by atoms with van der Waals surface area (Å²) in [6.07, 6.45) is 3.69. The van der Waals surface area contributed by atoms with E-state index < -0.39 is 0 Å². The minimum Gasteiger partial charge on any atom is -0.392 e. The maximum Gasteiger partial charge on any atom is 0.0615 e. The van der Waals surface area contributed by atoms with Crippen molar-refractivity contribution >= 4 is 17.4 Å². The molecule has 2 aromatic rings. The Labute approximate surface area is 93.3 Å². The second-order valence-corrected chi connectivity index (χ2v) is 4.13. The van der Waals surface area contributed by atoms with E-state index in [1.54, 1.807) is 17.4 Å². The van der Waals surface area contributed by atoms with Gasteiger partial charge in [0.15, 0.2) is 0 Å². The Morgan fingerprint density at radius 1 is 1.13 bits per heavy atom. The molecule has 2 rings (SSSR count). The maximum absolute atomic E-state index is 8.67. The zero-order valence-electron chi connectivity index (χ0n) is 8.26. The van der Waals surface area contributed by atoms with Crippen LogP contribution < -0.4 is 0 Å². The van der Waals surface area contributed by atoms with Gasteiger partial charge in [0.2, 0.25) is 0 Å². The summed E-state index contributed by atoms with van der Waals surface area (Å²) < 4.78 is 0. The Bertz CT molecular complexity index is 443. The molecule has 76 valence electrons. The van der Waals surface area contributed by atoms with E-state index in [1.165, 1.54) is 16.0 Å². The van der Waals surface area contributed by atoms with Crippen molar-refractivity contribution in [3.05, 3.63) is 52.7 Å². The minimum absolute atomic E-state index is 0.0958. The molecule has 0 atom stereocenters. The van der Waals surface area contributed by atoms with E-state index in [1.807, 2.05) is 24.3 Å². The summed E-state index contributed by atoms with van der Waals surface area (Å²) in [5.74, 6) is 0. The number of aliphatic hydroxyl groups excluding tert-OH is 1. The van der Waals surface area contributed by atoms with Crippen molar-refractivity contribution in [2.24, 2.45) is 0 Å². The SMILES string of the molecule is OCC=Cc1cc(-c2ccccc2)cs1. The molecule has 0 amide bonds. The number of hydrogen-bond acceptors (Lipinski definition) is 2. The standard InChI is InChI=1S/C13H12OS/c14-8-4-7-13-9-12(10-15-13)11-5-2-1-3-6-11/h1-7,9-10,14H,8H2. The predicted octanol–water partition coefficient (Wildman–Crippen LogP) is 3.42. The van der Waals surface area contributed by atoms with E-state index in [-0.39, 0.29) is 6.61 Å². The van der Waals surface area contributed by atoms with Gasteiger partial charge in [-0.2, -0.15) is 0 Å². The first-order valence-electron chi connectivity index (χ1n) is 4.81. The molecular formula is C13H12OS. The van der Waals surface area contributed by atoms with Gasteiger partial charge in [-0.05, 0) is 28.6 Å².